The Hall–Kier alpha value is -1.68. The second-order valence-corrected chi connectivity index (χ2v) is 4.93. The Morgan fingerprint density at radius 2 is 2.17 bits per heavy atom. The summed E-state index contributed by atoms with van der Waals surface area (Å²) >= 11 is 0. The molecule has 0 spiro atoms. The molecule has 0 amide bonds. The van der Waals surface area contributed by atoms with Gasteiger partial charge < -0.3 is 9.67 Å². The van der Waals surface area contributed by atoms with E-state index < -0.39 is 0 Å². The Bertz CT molecular complexity index is 562. The lowest BCUT2D eigenvalue weighted by atomic mass is 10.0. The van der Waals surface area contributed by atoms with Gasteiger partial charge in [0, 0.05) is 19.4 Å². The summed E-state index contributed by atoms with van der Waals surface area (Å²) in [6.07, 6.45) is 1.98. The molecule has 1 aliphatic heterocycles. The summed E-state index contributed by atoms with van der Waals surface area (Å²) in [5, 5.41) is 18.1. The molecule has 1 aromatic carbocycles. The lowest BCUT2D eigenvalue weighted by Crippen LogP contribution is -2.24. The first-order valence-electron chi connectivity index (χ1n) is 6.37. The van der Waals surface area contributed by atoms with Gasteiger partial charge in [-0.25, -0.2) is 0 Å². The predicted molar refractivity (Wildman–Crippen MR) is 68.3 cm³/mol. The van der Waals surface area contributed by atoms with E-state index in [0.29, 0.717) is 6.42 Å². The van der Waals surface area contributed by atoms with Gasteiger partial charge in [-0.3, -0.25) is 0 Å². The Morgan fingerprint density at radius 3 is 3.00 bits per heavy atom. The van der Waals surface area contributed by atoms with Gasteiger partial charge in [0.25, 0.3) is 0 Å². The first-order valence-corrected chi connectivity index (χ1v) is 6.37. The van der Waals surface area contributed by atoms with E-state index in [1.807, 2.05) is 0 Å². The van der Waals surface area contributed by atoms with Crippen molar-refractivity contribution >= 4 is 0 Å². The second-order valence-electron chi connectivity index (χ2n) is 4.93. The summed E-state index contributed by atoms with van der Waals surface area (Å²) in [6.45, 7) is 2.94. The summed E-state index contributed by atoms with van der Waals surface area (Å²) in [5.41, 5.74) is 2.57. The van der Waals surface area contributed by atoms with Gasteiger partial charge in [-0.15, -0.1) is 10.2 Å². The number of hydrogen-bond donors (Lipinski definition) is 1. The Kier molecular flexibility index (Phi) is 2.88. The number of aliphatic hydroxyl groups excluding tert-OH is 1. The monoisotopic (exact) mass is 243 g/mol. The quantitative estimate of drug-likeness (QED) is 0.869. The molecule has 0 radical (unpaired) electrons. The average molecular weight is 243 g/mol. The van der Waals surface area contributed by atoms with Crippen LogP contribution in [0.25, 0.3) is 0 Å². The molecule has 94 valence electrons. The van der Waals surface area contributed by atoms with Crippen molar-refractivity contribution in [2.75, 3.05) is 0 Å². The molecule has 3 rings (SSSR count). The molecule has 4 heteroatoms. The molecule has 2 aromatic rings. The fourth-order valence-electron chi connectivity index (χ4n) is 2.48. The van der Waals surface area contributed by atoms with Crippen LogP contribution >= 0.6 is 0 Å². The smallest absolute Gasteiger partial charge is 0.137 e. The van der Waals surface area contributed by atoms with Crippen LogP contribution in [0, 0.1) is 6.92 Å². The number of aryl methyl sites for hydroxylation is 1. The van der Waals surface area contributed by atoms with Crippen molar-refractivity contribution < 1.29 is 5.11 Å². The van der Waals surface area contributed by atoms with Crippen LogP contribution in [0.1, 0.15) is 29.2 Å². The summed E-state index contributed by atoms with van der Waals surface area (Å²) in [5.74, 6) is 1.92. The number of hydrogen-bond acceptors (Lipinski definition) is 3. The third-order valence-electron chi connectivity index (χ3n) is 3.62. The summed E-state index contributed by atoms with van der Waals surface area (Å²) < 4.78 is 2.15. The van der Waals surface area contributed by atoms with Crippen LogP contribution in [-0.4, -0.2) is 26.0 Å². The van der Waals surface area contributed by atoms with Gasteiger partial charge in [-0.2, -0.15) is 0 Å². The van der Waals surface area contributed by atoms with E-state index in [0.717, 1.165) is 31.0 Å². The largest absolute Gasteiger partial charge is 0.393 e. The predicted octanol–water partition coefficient (Wildman–Crippen LogP) is 1.48. The van der Waals surface area contributed by atoms with Gasteiger partial charge >= 0.3 is 0 Å². The Balaban J connectivity index is 1.88. The van der Waals surface area contributed by atoms with Crippen molar-refractivity contribution in [1.82, 2.24) is 14.8 Å². The van der Waals surface area contributed by atoms with Gasteiger partial charge in [0.05, 0.1) is 6.10 Å². The second kappa shape index (κ2) is 4.53. The van der Waals surface area contributed by atoms with Crippen molar-refractivity contribution in [3.05, 3.63) is 47.0 Å². The van der Waals surface area contributed by atoms with Crippen molar-refractivity contribution in [2.24, 2.45) is 0 Å². The highest BCUT2D eigenvalue weighted by molar-refractivity contribution is 5.28. The molecule has 1 atom stereocenters. The fourth-order valence-corrected chi connectivity index (χ4v) is 2.48. The van der Waals surface area contributed by atoms with Gasteiger partial charge in [-0.1, -0.05) is 24.3 Å². The number of rotatable bonds is 2. The highest BCUT2D eigenvalue weighted by Crippen LogP contribution is 2.18. The lowest BCUT2D eigenvalue weighted by Gasteiger charge is -2.19. The highest BCUT2D eigenvalue weighted by atomic mass is 16.3. The molecule has 1 unspecified atom stereocenters. The molecule has 1 aromatic heterocycles. The maximum atomic E-state index is 9.62. The molecular weight excluding hydrogens is 226 g/mol. The number of aromatic nitrogens is 3. The van der Waals surface area contributed by atoms with Gasteiger partial charge in [0.1, 0.15) is 11.6 Å². The van der Waals surface area contributed by atoms with Crippen LogP contribution in [0.2, 0.25) is 0 Å². The molecule has 1 aliphatic rings. The molecule has 0 fully saturated rings. The van der Waals surface area contributed by atoms with Gasteiger partial charge in [0.2, 0.25) is 0 Å². The minimum absolute atomic E-state index is 0.256. The molecule has 0 bridgehead atoms. The van der Waals surface area contributed by atoms with Gasteiger partial charge in [-0.05, 0) is 24.5 Å². The van der Waals surface area contributed by atoms with Gasteiger partial charge in [0.15, 0.2) is 0 Å². The van der Waals surface area contributed by atoms with Crippen molar-refractivity contribution in [2.45, 2.75) is 38.8 Å². The normalized spacial score (nSPS) is 18.7. The number of nitrogens with zero attached hydrogens (tertiary/aromatic N) is 3. The van der Waals surface area contributed by atoms with E-state index in [1.54, 1.807) is 0 Å². The topological polar surface area (TPSA) is 50.9 Å². The summed E-state index contributed by atoms with van der Waals surface area (Å²) in [4.78, 5) is 0. The SMILES string of the molecule is Cc1ccccc1Cc1nnc2n1CCC(O)C2. The molecule has 2 heterocycles. The summed E-state index contributed by atoms with van der Waals surface area (Å²) in [6, 6.07) is 8.36. The first-order chi connectivity index (χ1) is 8.74. The average Bonchev–Trinajstić information content (AvgIpc) is 2.74. The first kappa shape index (κ1) is 11.4. The van der Waals surface area contributed by atoms with Crippen LogP contribution < -0.4 is 0 Å². The van der Waals surface area contributed by atoms with Crippen LogP contribution in [0.5, 0.6) is 0 Å². The lowest BCUT2D eigenvalue weighted by molar-refractivity contribution is 0.141. The maximum absolute atomic E-state index is 9.62. The zero-order chi connectivity index (χ0) is 12.5. The van der Waals surface area contributed by atoms with E-state index in [9.17, 15) is 5.11 Å². The summed E-state index contributed by atoms with van der Waals surface area (Å²) in [7, 11) is 0. The Morgan fingerprint density at radius 1 is 1.33 bits per heavy atom. The van der Waals surface area contributed by atoms with Crippen molar-refractivity contribution in [3.8, 4) is 0 Å². The molecule has 0 saturated carbocycles. The van der Waals surface area contributed by atoms with Crippen molar-refractivity contribution in [3.63, 3.8) is 0 Å². The van der Waals surface area contributed by atoms with Crippen LogP contribution in [-0.2, 0) is 19.4 Å². The van der Waals surface area contributed by atoms with E-state index >= 15 is 0 Å². The zero-order valence-corrected chi connectivity index (χ0v) is 10.5. The van der Waals surface area contributed by atoms with E-state index in [2.05, 4.69) is 46.0 Å². The molecule has 0 aliphatic carbocycles. The minimum Gasteiger partial charge on any atom is -0.393 e. The number of aliphatic hydroxyl groups is 1. The molecule has 0 saturated heterocycles. The van der Waals surface area contributed by atoms with Crippen LogP contribution in [0.3, 0.4) is 0 Å². The third kappa shape index (κ3) is 2.04. The minimum atomic E-state index is -0.256. The molecule has 1 N–H and O–H groups in total. The highest BCUT2D eigenvalue weighted by Gasteiger charge is 2.21. The maximum Gasteiger partial charge on any atom is 0.137 e. The molecule has 18 heavy (non-hydrogen) atoms. The third-order valence-corrected chi connectivity index (χ3v) is 3.62. The molecular formula is C14H17N3O. The van der Waals surface area contributed by atoms with Crippen LogP contribution in [0.15, 0.2) is 24.3 Å². The van der Waals surface area contributed by atoms with E-state index in [1.165, 1.54) is 11.1 Å². The zero-order valence-electron chi connectivity index (χ0n) is 10.5. The number of fused-ring (bicyclic) bond motifs is 1. The number of benzene rings is 1. The standard InChI is InChI=1S/C14H17N3O/c1-10-4-2-3-5-11(10)8-13-15-16-14-9-12(18)6-7-17(13)14/h2-5,12,18H,6-9H2,1H3. The van der Waals surface area contributed by atoms with Crippen molar-refractivity contribution in [1.29, 1.82) is 0 Å². The molecule has 4 nitrogen and oxygen atoms in total. The Labute approximate surface area is 106 Å². The fraction of sp³-hybridized carbons (Fsp3) is 0.429. The van der Waals surface area contributed by atoms with Crippen LogP contribution in [0.4, 0.5) is 0 Å². The van der Waals surface area contributed by atoms with E-state index in [4.69, 9.17) is 0 Å². The van der Waals surface area contributed by atoms with E-state index in [-0.39, 0.29) is 6.10 Å².